The molecule has 134 valence electrons. The summed E-state index contributed by atoms with van der Waals surface area (Å²) >= 11 is 0. The Bertz CT molecular complexity index is 759. The van der Waals surface area contributed by atoms with E-state index in [-0.39, 0.29) is 28.4 Å². The molecular formula is C17H19NO7. The van der Waals surface area contributed by atoms with E-state index in [1.54, 1.807) is 6.92 Å². The van der Waals surface area contributed by atoms with E-state index < -0.39 is 17.6 Å². The summed E-state index contributed by atoms with van der Waals surface area (Å²) < 4.78 is 4.36. The molecule has 0 saturated carbocycles. The molecule has 0 aliphatic rings. The van der Waals surface area contributed by atoms with Gasteiger partial charge in [-0.15, -0.1) is 0 Å². The Hall–Kier alpha value is -3.42. The molecule has 0 aliphatic carbocycles. The van der Waals surface area contributed by atoms with Gasteiger partial charge in [-0.1, -0.05) is 12.1 Å². The largest absolute Gasteiger partial charge is 0.504 e. The van der Waals surface area contributed by atoms with Crippen molar-refractivity contribution in [2.75, 3.05) is 13.7 Å². The number of aromatic hydroxyl groups is 4. The van der Waals surface area contributed by atoms with Gasteiger partial charge < -0.3 is 30.5 Å². The van der Waals surface area contributed by atoms with Gasteiger partial charge in [-0.3, -0.25) is 4.79 Å². The molecule has 8 heteroatoms. The van der Waals surface area contributed by atoms with Crippen LogP contribution in [0.3, 0.4) is 0 Å². The number of rotatable bonds is 3. The average Bonchev–Trinajstić information content (AvgIpc) is 2.60. The van der Waals surface area contributed by atoms with Crippen molar-refractivity contribution in [3.63, 3.8) is 0 Å². The van der Waals surface area contributed by atoms with Gasteiger partial charge in [0, 0.05) is 6.54 Å². The van der Waals surface area contributed by atoms with E-state index in [4.69, 9.17) is 15.3 Å². The number of phenolic OH excluding ortho intramolecular Hbond substituents is 4. The molecule has 0 saturated heterocycles. The van der Waals surface area contributed by atoms with Gasteiger partial charge in [-0.2, -0.15) is 0 Å². The maximum absolute atomic E-state index is 11.2. The molecular weight excluding hydrogens is 330 g/mol. The highest BCUT2D eigenvalue weighted by Crippen LogP contribution is 2.28. The molecule has 0 atom stereocenters. The molecule has 1 amide bonds. The molecule has 2 aromatic rings. The van der Waals surface area contributed by atoms with Crippen LogP contribution in [0.15, 0.2) is 36.4 Å². The molecule has 5 N–H and O–H groups in total. The Kier molecular flexibility index (Phi) is 7.08. The molecule has 0 unspecified atom stereocenters. The fourth-order valence-corrected chi connectivity index (χ4v) is 1.78. The first kappa shape index (κ1) is 19.6. The van der Waals surface area contributed by atoms with Crippen LogP contribution in [0.25, 0.3) is 0 Å². The highest BCUT2D eigenvalue weighted by atomic mass is 16.5. The number of esters is 1. The van der Waals surface area contributed by atoms with Crippen molar-refractivity contribution in [2.24, 2.45) is 0 Å². The molecule has 0 aromatic heterocycles. The number of carbonyl (C=O) groups is 2. The van der Waals surface area contributed by atoms with Gasteiger partial charge in [0.25, 0.3) is 5.91 Å². The van der Waals surface area contributed by atoms with Gasteiger partial charge in [0.05, 0.1) is 12.7 Å². The van der Waals surface area contributed by atoms with Crippen LogP contribution in [0.1, 0.15) is 27.6 Å². The number of nitrogens with one attached hydrogen (secondary N) is 1. The highest BCUT2D eigenvalue weighted by molar-refractivity contribution is 5.97. The summed E-state index contributed by atoms with van der Waals surface area (Å²) in [6, 6.07) is 8.35. The van der Waals surface area contributed by atoms with E-state index in [1.165, 1.54) is 43.5 Å². The normalized spacial score (nSPS) is 9.52. The molecule has 0 spiro atoms. The third-order valence-electron chi connectivity index (χ3n) is 3.02. The highest BCUT2D eigenvalue weighted by Gasteiger charge is 2.13. The lowest BCUT2D eigenvalue weighted by Gasteiger charge is -2.05. The number of amides is 1. The van der Waals surface area contributed by atoms with Crippen molar-refractivity contribution in [2.45, 2.75) is 6.92 Å². The zero-order valence-corrected chi connectivity index (χ0v) is 13.7. The van der Waals surface area contributed by atoms with Crippen LogP contribution in [-0.4, -0.2) is 46.0 Å². The van der Waals surface area contributed by atoms with Crippen LogP contribution in [0.4, 0.5) is 0 Å². The maximum Gasteiger partial charge on any atom is 0.341 e. The average molecular weight is 349 g/mol. The van der Waals surface area contributed by atoms with Gasteiger partial charge in [-0.05, 0) is 31.2 Å². The minimum absolute atomic E-state index is 0.0440. The fourth-order valence-electron chi connectivity index (χ4n) is 1.78. The van der Waals surface area contributed by atoms with Crippen molar-refractivity contribution in [1.29, 1.82) is 0 Å². The van der Waals surface area contributed by atoms with E-state index >= 15 is 0 Å². The van der Waals surface area contributed by atoms with Gasteiger partial charge in [0.2, 0.25) is 0 Å². The predicted octanol–water partition coefficient (Wildman–Crippen LogP) is 1.73. The van der Waals surface area contributed by atoms with Crippen molar-refractivity contribution in [1.82, 2.24) is 5.32 Å². The number of methoxy groups -OCH3 is 1. The predicted molar refractivity (Wildman–Crippen MR) is 88.9 cm³/mol. The monoisotopic (exact) mass is 349 g/mol. The molecule has 8 nitrogen and oxygen atoms in total. The Balaban J connectivity index is 0.000000251. The molecule has 0 bridgehead atoms. The summed E-state index contributed by atoms with van der Waals surface area (Å²) in [5, 5.41) is 39.0. The molecule has 0 radical (unpaired) electrons. The Labute approximate surface area is 143 Å². The molecule has 2 rings (SSSR count). The van der Waals surface area contributed by atoms with Crippen LogP contribution in [-0.2, 0) is 4.74 Å². The quantitative estimate of drug-likeness (QED) is 0.420. The number of hydrogen-bond acceptors (Lipinski definition) is 7. The smallest absolute Gasteiger partial charge is 0.341 e. The number of benzene rings is 2. The van der Waals surface area contributed by atoms with Gasteiger partial charge in [0.15, 0.2) is 23.0 Å². The first-order chi connectivity index (χ1) is 11.8. The van der Waals surface area contributed by atoms with Gasteiger partial charge in [-0.25, -0.2) is 4.79 Å². The van der Waals surface area contributed by atoms with E-state index in [9.17, 15) is 14.7 Å². The molecule has 0 aliphatic heterocycles. The summed E-state index contributed by atoms with van der Waals surface area (Å²) in [5.74, 6) is -2.53. The summed E-state index contributed by atoms with van der Waals surface area (Å²) in [7, 11) is 1.20. The first-order valence-electron chi connectivity index (χ1n) is 7.21. The second-order valence-electron chi connectivity index (χ2n) is 4.70. The van der Waals surface area contributed by atoms with E-state index in [2.05, 4.69) is 10.1 Å². The zero-order valence-electron chi connectivity index (χ0n) is 13.7. The minimum Gasteiger partial charge on any atom is -0.504 e. The lowest BCUT2D eigenvalue weighted by Crippen LogP contribution is -2.22. The van der Waals surface area contributed by atoms with E-state index in [1.807, 2.05) is 0 Å². The third-order valence-corrected chi connectivity index (χ3v) is 3.02. The fraction of sp³-hybridized carbons (Fsp3) is 0.176. The van der Waals surface area contributed by atoms with Crippen LogP contribution in [0.2, 0.25) is 0 Å². The molecule has 0 heterocycles. The topological polar surface area (TPSA) is 136 Å². The SMILES string of the molecule is CCNC(=O)c1cccc(O)c1O.COC(=O)c1cccc(O)c1O. The summed E-state index contributed by atoms with van der Waals surface area (Å²) in [5.41, 5.74) is 0.0411. The summed E-state index contributed by atoms with van der Waals surface area (Å²) in [6.07, 6.45) is 0. The number of para-hydroxylation sites is 2. The van der Waals surface area contributed by atoms with E-state index in [0.29, 0.717) is 6.54 Å². The van der Waals surface area contributed by atoms with Crippen LogP contribution < -0.4 is 5.32 Å². The van der Waals surface area contributed by atoms with Crippen molar-refractivity contribution < 1.29 is 34.8 Å². The lowest BCUT2D eigenvalue weighted by atomic mass is 10.2. The van der Waals surface area contributed by atoms with Crippen molar-refractivity contribution >= 4 is 11.9 Å². The summed E-state index contributed by atoms with van der Waals surface area (Å²) in [4.78, 5) is 22.1. The third kappa shape index (κ3) is 5.03. The molecule has 2 aromatic carbocycles. The van der Waals surface area contributed by atoms with Crippen molar-refractivity contribution in [3.05, 3.63) is 47.5 Å². The number of ether oxygens (including phenoxy) is 1. The van der Waals surface area contributed by atoms with Crippen LogP contribution in [0.5, 0.6) is 23.0 Å². The second-order valence-corrected chi connectivity index (χ2v) is 4.70. The summed E-state index contributed by atoms with van der Waals surface area (Å²) in [6.45, 7) is 2.26. The van der Waals surface area contributed by atoms with Crippen LogP contribution >= 0.6 is 0 Å². The molecule has 25 heavy (non-hydrogen) atoms. The Morgan fingerprint density at radius 1 is 0.920 bits per heavy atom. The standard InChI is InChI=1S/C9H11NO3.C8H8O4/c1-2-10-9(13)6-4-3-5-7(11)8(6)12;1-12-8(11)5-3-2-4-6(9)7(5)10/h3-5,11-12H,2H2,1H3,(H,10,13);2-4,9-10H,1H3. The zero-order chi connectivity index (χ0) is 19.0. The minimum atomic E-state index is -0.677. The van der Waals surface area contributed by atoms with E-state index in [0.717, 1.165) is 0 Å². The number of carbonyl (C=O) groups excluding carboxylic acids is 2. The Morgan fingerprint density at radius 2 is 1.40 bits per heavy atom. The Morgan fingerprint density at radius 3 is 1.88 bits per heavy atom. The first-order valence-corrected chi connectivity index (χ1v) is 7.21. The van der Waals surface area contributed by atoms with Crippen molar-refractivity contribution in [3.8, 4) is 23.0 Å². The second kappa shape index (κ2) is 9.02. The van der Waals surface area contributed by atoms with Gasteiger partial charge >= 0.3 is 5.97 Å². The maximum atomic E-state index is 11.2. The molecule has 0 fully saturated rings. The number of hydrogen-bond donors (Lipinski definition) is 5. The van der Waals surface area contributed by atoms with Gasteiger partial charge in [0.1, 0.15) is 5.56 Å². The lowest BCUT2D eigenvalue weighted by molar-refractivity contribution is 0.0596. The number of phenols is 4. The van der Waals surface area contributed by atoms with Crippen LogP contribution in [0, 0.1) is 0 Å².